The summed E-state index contributed by atoms with van der Waals surface area (Å²) in [5, 5.41) is 3.78. The number of benzene rings is 1. The first-order valence-electron chi connectivity index (χ1n) is 7.77. The van der Waals surface area contributed by atoms with Crippen LogP contribution in [0, 0.1) is 6.92 Å². The lowest BCUT2D eigenvalue weighted by Crippen LogP contribution is -2.49. The minimum Gasteiger partial charge on any atom is -0.374 e. The normalized spacial score (nSPS) is 19.5. The van der Waals surface area contributed by atoms with Gasteiger partial charge in [-0.05, 0) is 25.1 Å². The molecular formula is C16H21N3O4S. The first kappa shape index (κ1) is 16.9. The largest absolute Gasteiger partial charge is 0.374 e. The molecule has 2 aromatic rings. The van der Waals surface area contributed by atoms with Crippen LogP contribution in [0.5, 0.6) is 0 Å². The number of carbonyl (C=O) groups is 1. The molecule has 1 atom stereocenters. The van der Waals surface area contributed by atoms with E-state index in [9.17, 15) is 13.2 Å². The van der Waals surface area contributed by atoms with Gasteiger partial charge in [0.1, 0.15) is 5.69 Å². The molecule has 0 bridgehead atoms. The zero-order valence-corrected chi connectivity index (χ0v) is 14.5. The molecule has 0 unspecified atom stereocenters. The lowest BCUT2D eigenvalue weighted by Gasteiger charge is -2.31. The number of amides is 1. The van der Waals surface area contributed by atoms with Gasteiger partial charge in [0.05, 0.1) is 19.0 Å². The highest BCUT2D eigenvalue weighted by Crippen LogP contribution is 2.17. The summed E-state index contributed by atoms with van der Waals surface area (Å²) in [7, 11) is -3.24. The number of aromatic nitrogens is 1. The van der Waals surface area contributed by atoms with Crippen molar-refractivity contribution >= 4 is 26.8 Å². The fraction of sp³-hybridized carbons (Fsp3) is 0.438. The molecule has 0 spiro atoms. The molecule has 0 aliphatic carbocycles. The SMILES string of the molecule is Cc1ccc2[nH]c(C(=O)NC[C@H]3CN(S(C)(=O)=O)CCO3)cc2c1. The minimum absolute atomic E-state index is 0.232. The van der Waals surface area contributed by atoms with Gasteiger partial charge in [0, 0.05) is 30.5 Å². The molecule has 2 N–H and O–H groups in total. The van der Waals surface area contributed by atoms with Crippen molar-refractivity contribution in [3.8, 4) is 0 Å². The van der Waals surface area contributed by atoms with E-state index in [-0.39, 0.29) is 25.1 Å². The van der Waals surface area contributed by atoms with Crippen LogP contribution in [-0.4, -0.2) is 62.2 Å². The number of ether oxygens (including phenoxy) is 1. The van der Waals surface area contributed by atoms with E-state index in [4.69, 9.17) is 4.74 Å². The Balaban J connectivity index is 1.62. The molecule has 1 aromatic heterocycles. The number of carbonyl (C=O) groups excluding carboxylic acids is 1. The van der Waals surface area contributed by atoms with Crippen molar-refractivity contribution in [3.05, 3.63) is 35.5 Å². The summed E-state index contributed by atoms with van der Waals surface area (Å²) < 4.78 is 30.1. The van der Waals surface area contributed by atoms with Gasteiger partial charge in [-0.15, -0.1) is 0 Å². The van der Waals surface area contributed by atoms with Crippen LogP contribution in [0.1, 0.15) is 16.1 Å². The number of aromatic amines is 1. The number of rotatable bonds is 4. The first-order chi connectivity index (χ1) is 11.3. The Labute approximate surface area is 141 Å². The Bertz CT molecular complexity index is 859. The highest BCUT2D eigenvalue weighted by atomic mass is 32.2. The third-order valence-corrected chi connectivity index (χ3v) is 5.35. The van der Waals surface area contributed by atoms with Gasteiger partial charge in [-0.2, -0.15) is 4.31 Å². The lowest BCUT2D eigenvalue weighted by molar-refractivity contribution is 0.000417. The van der Waals surface area contributed by atoms with Gasteiger partial charge in [0.15, 0.2) is 0 Å². The van der Waals surface area contributed by atoms with Crippen molar-refractivity contribution < 1.29 is 17.9 Å². The molecule has 1 amide bonds. The second-order valence-electron chi connectivity index (χ2n) is 6.10. The number of nitrogens with one attached hydrogen (secondary N) is 2. The average Bonchev–Trinajstić information content (AvgIpc) is 2.95. The molecule has 1 aliphatic rings. The topological polar surface area (TPSA) is 91.5 Å². The van der Waals surface area contributed by atoms with Gasteiger partial charge < -0.3 is 15.0 Å². The molecule has 2 heterocycles. The first-order valence-corrected chi connectivity index (χ1v) is 9.62. The van der Waals surface area contributed by atoms with Crippen LogP contribution in [0.2, 0.25) is 0 Å². The Morgan fingerprint density at radius 1 is 1.42 bits per heavy atom. The van der Waals surface area contributed by atoms with Crippen molar-refractivity contribution in [1.29, 1.82) is 0 Å². The Morgan fingerprint density at radius 2 is 2.21 bits per heavy atom. The lowest BCUT2D eigenvalue weighted by atomic mass is 10.2. The monoisotopic (exact) mass is 351 g/mol. The number of sulfonamides is 1. The van der Waals surface area contributed by atoms with E-state index in [1.807, 2.05) is 31.2 Å². The molecule has 1 fully saturated rings. The van der Waals surface area contributed by atoms with Gasteiger partial charge in [-0.25, -0.2) is 8.42 Å². The van der Waals surface area contributed by atoms with E-state index in [1.165, 1.54) is 10.6 Å². The molecule has 1 aliphatic heterocycles. The van der Waals surface area contributed by atoms with Crippen molar-refractivity contribution in [3.63, 3.8) is 0 Å². The number of hydrogen-bond acceptors (Lipinski definition) is 4. The number of aryl methyl sites for hydroxylation is 1. The molecule has 1 aromatic carbocycles. The molecule has 0 radical (unpaired) electrons. The fourth-order valence-electron chi connectivity index (χ4n) is 2.79. The van der Waals surface area contributed by atoms with Crippen LogP contribution in [-0.2, 0) is 14.8 Å². The van der Waals surface area contributed by atoms with Crippen molar-refractivity contribution in [2.75, 3.05) is 32.5 Å². The maximum atomic E-state index is 12.3. The molecule has 130 valence electrons. The van der Waals surface area contributed by atoms with Crippen LogP contribution >= 0.6 is 0 Å². The fourth-order valence-corrected chi connectivity index (χ4v) is 3.64. The Kier molecular flexibility index (Phi) is 4.62. The van der Waals surface area contributed by atoms with Crippen molar-refractivity contribution in [1.82, 2.24) is 14.6 Å². The summed E-state index contributed by atoms with van der Waals surface area (Å²) in [5.41, 5.74) is 2.51. The maximum Gasteiger partial charge on any atom is 0.267 e. The summed E-state index contributed by atoms with van der Waals surface area (Å²) in [6.07, 6.45) is 0.838. The van der Waals surface area contributed by atoms with Gasteiger partial charge in [0.2, 0.25) is 10.0 Å². The molecule has 8 heteroatoms. The summed E-state index contributed by atoms with van der Waals surface area (Å²) in [6.45, 7) is 3.20. The van der Waals surface area contributed by atoms with Gasteiger partial charge >= 0.3 is 0 Å². The van der Waals surface area contributed by atoms with Crippen molar-refractivity contribution in [2.45, 2.75) is 13.0 Å². The predicted octanol–water partition coefficient (Wildman–Crippen LogP) is 0.867. The standard InChI is InChI=1S/C16H21N3O4S/c1-11-3-4-14-12(7-11)8-15(18-14)16(20)17-9-13-10-19(5-6-23-13)24(2,21)22/h3-4,7-8,13,18H,5-6,9-10H2,1-2H3,(H,17,20)/t13-/m0/s1. The molecule has 0 saturated carbocycles. The predicted molar refractivity (Wildman–Crippen MR) is 91.5 cm³/mol. The van der Waals surface area contributed by atoms with Gasteiger partial charge in [0.25, 0.3) is 5.91 Å². The zero-order valence-electron chi connectivity index (χ0n) is 13.7. The summed E-state index contributed by atoms with van der Waals surface area (Å²) in [6, 6.07) is 7.74. The van der Waals surface area contributed by atoms with E-state index in [0.29, 0.717) is 18.8 Å². The van der Waals surface area contributed by atoms with E-state index >= 15 is 0 Å². The van der Waals surface area contributed by atoms with Gasteiger partial charge in [-0.3, -0.25) is 4.79 Å². The van der Waals surface area contributed by atoms with E-state index in [1.54, 1.807) is 0 Å². The quantitative estimate of drug-likeness (QED) is 0.855. The highest BCUT2D eigenvalue weighted by molar-refractivity contribution is 7.88. The Morgan fingerprint density at radius 3 is 2.96 bits per heavy atom. The Hall–Kier alpha value is -1.90. The number of morpholine rings is 1. The number of hydrogen-bond donors (Lipinski definition) is 2. The third-order valence-electron chi connectivity index (χ3n) is 4.08. The minimum atomic E-state index is -3.24. The van der Waals surface area contributed by atoms with Crippen LogP contribution in [0.25, 0.3) is 10.9 Å². The van der Waals surface area contributed by atoms with Crippen LogP contribution in [0.4, 0.5) is 0 Å². The van der Waals surface area contributed by atoms with Gasteiger partial charge in [-0.1, -0.05) is 11.6 Å². The molecule has 1 saturated heterocycles. The molecular weight excluding hydrogens is 330 g/mol. The molecule has 3 rings (SSSR count). The zero-order chi connectivity index (χ0) is 17.3. The molecule has 24 heavy (non-hydrogen) atoms. The molecule has 7 nitrogen and oxygen atoms in total. The van der Waals surface area contributed by atoms with E-state index in [2.05, 4.69) is 10.3 Å². The van der Waals surface area contributed by atoms with E-state index < -0.39 is 10.0 Å². The smallest absolute Gasteiger partial charge is 0.267 e. The summed E-state index contributed by atoms with van der Waals surface area (Å²) in [5.74, 6) is -0.232. The second-order valence-corrected chi connectivity index (χ2v) is 8.08. The average molecular weight is 351 g/mol. The highest BCUT2D eigenvalue weighted by Gasteiger charge is 2.26. The summed E-state index contributed by atoms with van der Waals surface area (Å²) in [4.78, 5) is 15.4. The number of H-pyrrole nitrogens is 1. The second kappa shape index (κ2) is 6.54. The number of fused-ring (bicyclic) bond motifs is 1. The third kappa shape index (κ3) is 3.77. The summed E-state index contributed by atoms with van der Waals surface area (Å²) >= 11 is 0. The maximum absolute atomic E-state index is 12.3. The van der Waals surface area contributed by atoms with Crippen LogP contribution < -0.4 is 5.32 Å². The van der Waals surface area contributed by atoms with Crippen LogP contribution in [0.15, 0.2) is 24.3 Å². The van der Waals surface area contributed by atoms with E-state index in [0.717, 1.165) is 16.5 Å². The van der Waals surface area contributed by atoms with Crippen molar-refractivity contribution in [2.24, 2.45) is 0 Å². The van der Waals surface area contributed by atoms with Crippen LogP contribution in [0.3, 0.4) is 0 Å². The number of nitrogens with zero attached hydrogens (tertiary/aromatic N) is 1.